The van der Waals surface area contributed by atoms with Crippen molar-refractivity contribution in [1.82, 2.24) is 15.6 Å². The third-order valence-corrected chi connectivity index (χ3v) is 6.44. The van der Waals surface area contributed by atoms with Crippen molar-refractivity contribution in [3.05, 3.63) is 102 Å². The third kappa shape index (κ3) is 4.93. The van der Waals surface area contributed by atoms with Crippen LogP contribution >= 0.6 is 0 Å². The highest BCUT2D eigenvalue weighted by Gasteiger charge is 2.34. The Hall–Kier alpha value is -4.03. The summed E-state index contributed by atoms with van der Waals surface area (Å²) in [5.41, 5.74) is 3.08. The van der Waals surface area contributed by atoms with Gasteiger partial charge in [-0.05, 0) is 48.4 Å². The van der Waals surface area contributed by atoms with E-state index in [0.29, 0.717) is 19.5 Å². The van der Waals surface area contributed by atoms with Gasteiger partial charge in [0.25, 0.3) is 0 Å². The molecule has 2 heterocycles. The van der Waals surface area contributed by atoms with E-state index < -0.39 is 5.54 Å². The van der Waals surface area contributed by atoms with Crippen molar-refractivity contribution in [1.29, 1.82) is 0 Å². The number of methoxy groups -OCH3 is 1. The highest BCUT2D eigenvalue weighted by molar-refractivity contribution is 5.89. The number of amides is 1. The number of para-hydroxylation sites is 2. The number of carbonyl (C=O) groups is 1. The normalized spacial score (nSPS) is 13.1. The average molecular weight is 468 g/mol. The third-order valence-electron chi connectivity index (χ3n) is 6.44. The predicted molar refractivity (Wildman–Crippen MR) is 138 cm³/mol. The van der Waals surface area contributed by atoms with E-state index in [2.05, 4.69) is 21.7 Å². The van der Waals surface area contributed by atoms with Crippen LogP contribution in [0.5, 0.6) is 5.75 Å². The van der Waals surface area contributed by atoms with E-state index in [9.17, 15) is 4.79 Å². The summed E-state index contributed by atoms with van der Waals surface area (Å²) in [6.45, 7) is 2.78. The van der Waals surface area contributed by atoms with E-state index in [1.165, 1.54) is 0 Å². The highest BCUT2D eigenvalue weighted by Crippen LogP contribution is 2.25. The van der Waals surface area contributed by atoms with Gasteiger partial charge in [-0.25, -0.2) is 0 Å². The Labute approximate surface area is 204 Å². The van der Waals surface area contributed by atoms with Crippen LogP contribution in [0.25, 0.3) is 21.9 Å². The molecule has 0 aliphatic carbocycles. The molecular formula is C29H29N3O3. The zero-order valence-electron chi connectivity index (χ0n) is 19.9. The maximum Gasteiger partial charge on any atom is 0.240 e. The first-order chi connectivity index (χ1) is 17.0. The topological polar surface area (TPSA) is 79.3 Å². The number of furan rings is 1. The van der Waals surface area contributed by atoms with Crippen molar-refractivity contribution in [3.63, 3.8) is 0 Å². The fraction of sp³-hybridized carbons (Fsp3) is 0.207. The number of aromatic nitrogens is 1. The number of hydrogen-bond acceptors (Lipinski definition) is 4. The predicted octanol–water partition coefficient (Wildman–Crippen LogP) is 5.33. The summed E-state index contributed by atoms with van der Waals surface area (Å²) >= 11 is 0. The zero-order chi connectivity index (χ0) is 24.3. The Kier molecular flexibility index (Phi) is 6.29. The minimum absolute atomic E-state index is 0.0817. The smallest absolute Gasteiger partial charge is 0.240 e. The number of ether oxygens (including phenoxy) is 1. The van der Waals surface area contributed by atoms with Crippen LogP contribution in [0, 0.1) is 0 Å². The van der Waals surface area contributed by atoms with Crippen molar-refractivity contribution in [3.8, 4) is 5.75 Å². The fourth-order valence-electron chi connectivity index (χ4n) is 4.45. The Bertz CT molecular complexity index is 1440. The highest BCUT2D eigenvalue weighted by atomic mass is 16.5. The van der Waals surface area contributed by atoms with Gasteiger partial charge in [-0.15, -0.1) is 0 Å². The van der Waals surface area contributed by atoms with E-state index in [-0.39, 0.29) is 5.91 Å². The second-order valence-corrected chi connectivity index (χ2v) is 9.01. The molecule has 6 nitrogen and oxygen atoms in total. The van der Waals surface area contributed by atoms with Crippen LogP contribution in [0.3, 0.4) is 0 Å². The lowest BCUT2D eigenvalue weighted by atomic mass is 9.91. The molecule has 0 radical (unpaired) electrons. The van der Waals surface area contributed by atoms with Crippen LogP contribution in [0.15, 0.2) is 89.5 Å². The summed E-state index contributed by atoms with van der Waals surface area (Å²) in [5, 5.41) is 8.77. The minimum Gasteiger partial charge on any atom is -0.497 e. The molecule has 2 aromatic heterocycles. The summed E-state index contributed by atoms with van der Waals surface area (Å²) in [4.78, 5) is 16.9. The van der Waals surface area contributed by atoms with Gasteiger partial charge in [0.2, 0.25) is 5.91 Å². The molecule has 178 valence electrons. The molecule has 0 fully saturated rings. The fourth-order valence-corrected chi connectivity index (χ4v) is 4.45. The summed E-state index contributed by atoms with van der Waals surface area (Å²) in [5.74, 6) is 1.47. The van der Waals surface area contributed by atoms with Crippen LogP contribution in [0.4, 0.5) is 0 Å². The molecule has 0 spiro atoms. The van der Waals surface area contributed by atoms with E-state index in [4.69, 9.17) is 9.15 Å². The van der Waals surface area contributed by atoms with Crippen LogP contribution in [-0.4, -0.2) is 23.5 Å². The second kappa shape index (κ2) is 9.68. The van der Waals surface area contributed by atoms with E-state index in [1.807, 2.05) is 85.9 Å². The molecule has 1 amide bonds. The van der Waals surface area contributed by atoms with E-state index >= 15 is 0 Å². The molecule has 6 heteroatoms. The van der Waals surface area contributed by atoms with Crippen molar-refractivity contribution in [2.45, 2.75) is 32.0 Å². The minimum atomic E-state index is -0.872. The van der Waals surface area contributed by atoms with Gasteiger partial charge < -0.3 is 19.5 Å². The number of nitrogens with one attached hydrogen (secondary N) is 3. The molecule has 5 aromatic rings. The first-order valence-electron chi connectivity index (χ1n) is 11.7. The summed E-state index contributed by atoms with van der Waals surface area (Å²) < 4.78 is 11.3. The number of aromatic amines is 1. The number of hydrogen-bond donors (Lipinski definition) is 3. The van der Waals surface area contributed by atoms with Crippen LogP contribution in [0.1, 0.15) is 23.8 Å². The Morgan fingerprint density at radius 1 is 1.00 bits per heavy atom. The molecular weight excluding hydrogens is 438 g/mol. The van der Waals surface area contributed by atoms with Crippen LogP contribution < -0.4 is 15.4 Å². The Morgan fingerprint density at radius 3 is 2.69 bits per heavy atom. The molecule has 35 heavy (non-hydrogen) atoms. The monoisotopic (exact) mass is 467 g/mol. The molecule has 1 unspecified atom stereocenters. The standard InChI is InChI=1S/C29H29N3O3/c1-29(16-22-18-30-26-12-5-4-11-25(22)26,28(33)31-17-20-8-7-10-23(14-20)34-2)32-19-24-15-21-9-3-6-13-27(21)35-24/h3-15,18,30,32H,16-17,19H2,1-2H3,(H,31,33). The zero-order valence-corrected chi connectivity index (χ0v) is 19.9. The van der Waals surface area contributed by atoms with Crippen molar-refractivity contribution in [2.75, 3.05) is 7.11 Å². The van der Waals surface area contributed by atoms with Gasteiger partial charge in [-0.2, -0.15) is 0 Å². The maximum absolute atomic E-state index is 13.6. The SMILES string of the molecule is COc1cccc(CNC(=O)C(C)(Cc2c[nH]c3ccccc23)NCc2cc3ccccc3o2)c1. The van der Waals surface area contributed by atoms with Gasteiger partial charge in [0.15, 0.2) is 0 Å². The lowest BCUT2D eigenvalue weighted by Gasteiger charge is -2.29. The number of fused-ring (bicyclic) bond motifs is 2. The number of rotatable bonds is 9. The van der Waals surface area contributed by atoms with Gasteiger partial charge in [0, 0.05) is 35.5 Å². The van der Waals surface area contributed by atoms with Crippen molar-refractivity contribution < 1.29 is 13.9 Å². The maximum atomic E-state index is 13.6. The largest absolute Gasteiger partial charge is 0.497 e. The number of carbonyl (C=O) groups excluding carboxylic acids is 1. The molecule has 0 saturated carbocycles. The molecule has 3 aromatic carbocycles. The summed E-state index contributed by atoms with van der Waals surface area (Å²) in [6.07, 6.45) is 2.50. The average Bonchev–Trinajstić information content (AvgIpc) is 3.50. The summed E-state index contributed by atoms with van der Waals surface area (Å²) in [7, 11) is 1.64. The quantitative estimate of drug-likeness (QED) is 0.274. The van der Waals surface area contributed by atoms with Crippen LogP contribution in [-0.2, 0) is 24.3 Å². The van der Waals surface area contributed by atoms with E-state index in [1.54, 1.807) is 7.11 Å². The summed E-state index contributed by atoms with van der Waals surface area (Å²) in [6, 6.07) is 25.8. The lowest BCUT2D eigenvalue weighted by Crippen LogP contribution is -2.55. The molecule has 0 aliphatic heterocycles. The van der Waals surface area contributed by atoms with Gasteiger partial charge in [-0.1, -0.05) is 48.5 Å². The van der Waals surface area contributed by atoms with Gasteiger partial charge in [-0.3, -0.25) is 10.1 Å². The van der Waals surface area contributed by atoms with Gasteiger partial charge >= 0.3 is 0 Å². The number of benzene rings is 3. The molecule has 0 aliphatic rings. The van der Waals surface area contributed by atoms with Crippen molar-refractivity contribution >= 4 is 27.8 Å². The lowest BCUT2D eigenvalue weighted by molar-refractivity contribution is -0.127. The van der Waals surface area contributed by atoms with Crippen molar-refractivity contribution in [2.24, 2.45) is 0 Å². The van der Waals surface area contributed by atoms with E-state index in [0.717, 1.165) is 44.5 Å². The van der Waals surface area contributed by atoms with Gasteiger partial charge in [0.1, 0.15) is 17.1 Å². The molecule has 3 N–H and O–H groups in total. The number of H-pyrrole nitrogens is 1. The molecule has 0 saturated heterocycles. The Balaban J connectivity index is 1.38. The molecule has 0 bridgehead atoms. The first kappa shape index (κ1) is 22.7. The molecule has 5 rings (SSSR count). The van der Waals surface area contributed by atoms with Gasteiger partial charge in [0.05, 0.1) is 19.2 Å². The molecule has 1 atom stereocenters. The first-order valence-corrected chi connectivity index (χ1v) is 11.7. The second-order valence-electron chi connectivity index (χ2n) is 9.01. The Morgan fingerprint density at radius 2 is 1.83 bits per heavy atom. The van der Waals surface area contributed by atoms with Crippen LogP contribution in [0.2, 0.25) is 0 Å².